The maximum absolute atomic E-state index is 11.0. The van der Waals surface area contributed by atoms with E-state index in [1.807, 2.05) is 25.2 Å². The molecule has 0 radical (unpaired) electrons. The number of rotatable bonds is 2. The molecule has 0 fully saturated rings. The molecule has 0 bridgehead atoms. The number of benzene rings is 2. The molecule has 1 aliphatic heterocycles. The largest absolute Gasteiger partial charge is 0.478 e. The summed E-state index contributed by atoms with van der Waals surface area (Å²) in [6.07, 6.45) is 0. The average Bonchev–Trinajstić information content (AvgIpc) is 2.47. The number of halogens is 2. The molecule has 22 heavy (non-hydrogen) atoms. The second-order valence-corrected chi connectivity index (χ2v) is 6.48. The first-order valence-electron chi connectivity index (χ1n) is 6.95. The van der Waals surface area contributed by atoms with E-state index in [0.29, 0.717) is 10.0 Å². The van der Waals surface area contributed by atoms with Gasteiger partial charge in [0.25, 0.3) is 0 Å². The second-order valence-electron chi connectivity index (χ2n) is 5.63. The Morgan fingerprint density at radius 1 is 1.23 bits per heavy atom. The minimum Gasteiger partial charge on any atom is -0.478 e. The molecule has 0 aliphatic carbocycles. The van der Waals surface area contributed by atoms with Crippen LogP contribution in [0.2, 0.25) is 10.0 Å². The SMILES string of the molecule is CN1Cc2c(Cl)cc(Cl)cc2C(c2ccc(C(=O)O)cc2)C1. The Morgan fingerprint density at radius 3 is 2.55 bits per heavy atom. The highest BCUT2D eigenvalue weighted by molar-refractivity contribution is 6.35. The van der Waals surface area contributed by atoms with Crippen LogP contribution in [0.3, 0.4) is 0 Å². The van der Waals surface area contributed by atoms with Crippen LogP contribution in [-0.2, 0) is 6.54 Å². The van der Waals surface area contributed by atoms with E-state index < -0.39 is 5.97 Å². The van der Waals surface area contributed by atoms with E-state index >= 15 is 0 Å². The fourth-order valence-corrected chi connectivity index (χ4v) is 3.56. The van der Waals surface area contributed by atoms with Crippen molar-refractivity contribution in [3.05, 3.63) is 68.7 Å². The monoisotopic (exact) mass is 335 g/mol. The maximum atomic E-state index is 11.0. The molecular weight excluding hydrogens is 321 g/mol. The molecule has 0 saturated heterocycles. The Hall–Kier alpha value is -1.55. The zero-order chi connectivity index (χ0) is 15.9. The van der Waals surface area contributed by atoms with Gasteiger partial charge in [-0.25, -0.2) is 4.79 Å². The van der Waals surface area contributed by atoms with Crippen molar-refractivity contribution in [3.63, 3.8) is 0 Å². The minimum absolute atomic E-state index is 0.132. The molecule has 3 rings (SSSR count). The van der Waals surface area contributed by atoms with Gasteiger partial charge in [-0.1, -0.05) is 35.3 Å². The predicted octanol–water partition coefficient (Wildman–Crippen LogP) is 4.27. The molecule has 1 heterocycles. The number of carbonyl (C=O) groups is 1. The normalized spacial score (nSPS) is 18.0. The van der Waals surface area contributed by atoms with Crippen molar-refractivity contribution in [1.82, 2.24) is 4.90 Å². The molecule has 0 amide bonds. The Kier molecular flexibility index (Phi) is 4.13. The van der Waals surface area contributed by atoms with E-state index in [4.69, 9.17) is 28.3 Å². The first-order valence-corrected chi connectivity index (χ1v) is 7.71. The second kappa shape index (κ2) is 5.92. The number of nitrogens with zero attached hydrogens (tertiary/aromatic N) is 1. The van der Waals surface area contributed by atoms with Crippen molar-refractivity contribution in [3.8, 4) is 0 Å². The zero-order valence-electron chi connectivity index (χ0n) is 12.0. The van der Waals surface area contributed by atoms with Gasteiger partial charge in [-0.05, 0) is 48.0 Å². The molecule has 5 heteroatoms. The van der Waals surface area contributed by atoms with Crippen molar-refractivity contribution in [2.75, 3.05) is 13.6 Å². The molecule has 114 valence electrons. The van der Waals surface area contributed by atoms with E-state index in [1.165, 1.54) is 0 Å². The summed E-state index contributed by atoms with van der Waals surface area (Å²) in [5, 5.41) is 10.3. The van der Waals surface area contributed by atoms with Crippen LogP contribution in [0, 0.1) is 0 Å². The molecular formula is C17H15Cl2NO2. The van der Waals surface area contributed by atoms with Gasteiger partial charge in [0.15, 0.2) is 0 Å². The number of likely N-dealkylation sites (N-methyl/N-ethyl adjacent to an activating group) is 1. The van der Waals surface area contributed by atoms with Gasteiger partial charge in [0, 0.05) is 29.1 Å². The number of carboxylic acid groups (broad SMARTS) is 1. The average molecular weight is 336 g/mol. The number of hydrogen-bond donors (Lipinski definition) is 1. The molecule has 1 unspecified atom stereocenters. The van der Waals surface area contributed by atoms with Crippen LogP contribution >= 0.6 is 23.2 Å². The first-order chi connectivity index (χ1) is 10.5. The third-order valence-corrected chi connectivity index (χ3v) is 4.61. The zero-order valence-corrected chi connectivity index (χ0v) is 13.5. The fourth-order valence-electron chi connectivity index (χ4n) is 2.99. The Morgan fingerprint density at radius 2 is 1.91 bits per heavy atom. The number of fused-ring (bicyclic) bond motifs is 1. The highest BCUT2D eigenvalue weighted by Crippen LogP contribution is 2.38. The first kappa shape index (κ1) is 15.3. The third-order valence-electron chi connectivity index (χ3n) is 4.05. The lowest BCUT2D eigenvalue weighted by molar-refractivity contribution is 0.0697. The van der Waals surface area contributed by atoms with Gasteiger partial charge in [-0.3, -0.25) is 0 Å². The molecule has 1 N–H and O–H groups in total. The topological polar surface area (TPSA) is 40.5 Å². The van der Waals surface area contributed by atoms with Gasteiger partial charge in [0.2, 0.25) is 0 Å². The molecule has 0 spiro atoms. The van der Waals surface area contributed by atoms with Crippen molar-refractivity contribution >= 4 is 29.2 Å². The highest BCUT2D eigenvalue weighted by Gasteiger charge is 2.27. The van der Waals surface area contributed by atoms with Crippen LogP contribution in [0.25, 0.3) is 0 Å². The molecule has 2 aromatic carbocycles. The van der Waals surface area contributed by atoms with E-state index in [2.05, 4.69) is 4.90 Å². The van der Waals surface area contributed by atoms with Crippen molar-refractivity contribution in [2.45, 2.75) is 12.5 Å². The van der Waals surface area contributed by atoms with Crippen LogP contribution in [0.5, 0.6) is 0 Å². The highest BCUT2D eigenvalue weighted by atomic mass is 35.5. The van der Waals surface area contributed by atoms with Gasteiger partial charge in [-0.2, -0.15) is 0 Å². The molecule has 1 aliphatic rings. The summed E-state index contributed by atoms with van der Waals surface area (Å²) in [7, 11) is 2.05. The van der Waals surface area contributed by atoms with Gasteiger partial charge in [0.1, 0.15) is 0 Å². The van der Waals surface area contributed by atoms with Crippen molar-refractivity contribution in [1.29, 1.82) is 0 Å². The van der Waals surface area contributed by atoms with Crippen LogP contribution in [0.15, 0.2) is 36.4 Å². The maximum Gasteiger partial charge on any atom is 0.335 e. The molecule has 0 aromatic heterocycles. The number of carboxylic acids is 1. The lowest BCUT2D eigenvalue weighted by Gasteiger charge is -2.33. The summed E-state index contributed by atoms with van der Waals surface area (Å²) in [6.45, 7) is 1.63. The Bertz CT molecular complexity index is 728. The van der Waals surface area contributed by atoms with E-state index in [-0.39, 0.29) is 11.5 Å². The quantitative estimate of drug-likeness (QED) is 0.890. The van der Waals surface area contributed by atoms with E-state index in [1.54, 1.807) is 18.2 Å². The smallest absolute Gasteiger partial charge is 0.335 e. The lowest BCUT2D eigenvalue weighted by Crippen LogP contribution is -2.31. The Balaban J connectivity index is 2.06. The summed E-state index contributed by atoms with van der Waals surface area (Å²) in [6, 6.07) is 10.7. The van der Waals surface area contributed by atoms with Crippen LogP contribution in [0.1, 0.15) is 33.0 Å². The van der Waals surface area contributed by atoms with Crippen molar-refractivity contribution < 1.29 is 9.90 Å². The van der Waals surface area contributed by atoms with Gasteiger partial charge in [-0.15, -0.1) is 0 Å². The summed E-state index contributed by atoms with van der Waals surface area (Å²) >= 11 is 12.5. The predicted molar refractivity (Wildman–Crippen MR) is 88.0 cm³/mol. The summed E-state index contributed by atoms with van der Waals surface area (Å²) in [5.41, 5.74) is 3.57. The summed E-state index contributed by atoms with van der Waals surface area (Å²) in [5.74, 6) is -0.786. The van der Waals surface area contributed by atoms with Crippen LogP contribution in [0.4, 0.5) is 0 Å². The fraction of sp³-hybridized carbons (Fsp3) is 0.235. The number of aromatic carboxylic acids is 1. The van der Waals surface area contributed by atoms with Gasteiger partial charge < -0.3 is 10.0 Å². The van der Waals surface area contributed by atoms with Gasteiger partial charge >= 0.3 is 5.97 Å². The minimum atomic E-state index is -0.918. The molecule has 0 saturated carbocycles. The lowest BCUT2D eigenvalue weighted by atomic mass is 9.84. The third kappa shape index (κ3) is 2.84. The summed E-state index contributed by atoms with van der Waals surface area (Å²) < 4.78 is 0. The molecule has 1 atom stereocenters. The molecule has 3 nitrogen and oxygen atoms in total. The van der Waals surface area contributed by atoms with Gasteiger partial charge in [0.05, 0.1) is 5.56 Å². The number of hydrogen-bond acceptors (Lipinski definition) is 2. The van der Waals surface area contributed by atoms with Crippen LogP contribution in [-0.4, -0.2) is 29.6 Å². The van der Waals surface area contributed by atoms with E-state index in [0.717, 1.165) is 29.8 Å². The standard InChI is InChI=1S/C17H15Cl2NO2/c1-20-8-14(10-2-4-11(5-3-10)17(21)22)13-6-12(18)7-16(19)15(13)9-20/h2-7,14H,8-9H2,1H3,(H,21,22). The summed E-state index contributed by atoms with van der Waals surface area (Å²) in [4.78, 5) is 13.2. The van der Waals surface area contributed by atoms with Crippen molar-refractivity contribution in [2.24, 2.45) is 0 Å². The Labute approximate surface area is 139 Å². The van der Waals surface area contributed by atoms with E-state index in [9.17, 15) is 4.79 Å². The van der Waals surface area contributed by atoms with Crippen LogP contribution < -0.4 is 0 Å². The molecule has 2 aromatic rings.